The third kappa shape index (κ3) is 3.92. The lowest BCUT2D eigenvalue weighted by Gasteiger charge is -2.31. The van der Waals surface area contributed by atoms with E-state index in [2.05, 4.69) is 4.99 Å². The SMILES string of the molecule is CCOc1ccc(N2C(=O)c3ccccc3[C@@H](C=NC(C)(C)C)C2=O)cc1. The Morgan fingerprint density at radius 1 is 1.07 bits per heavy atom. The van der Waals surface area contributed by atoms with Gasteiger partial charge in [-0.15, -0.1) is 0 Å². The van der Waals surface area contributed by atoms with Gasteiger partial charge in [0.2, 0.25) is 5.91 Å². The van der Waals surface area contributed by atoms with Crippen molar-refractivity contribution in [2.45, 2.75) is 39.2 Å². The zero-order valence-corrected chi connectivity index (χ0v) is 16.1. The summed E-state index contributed by atoms with van der Waals surface area (Å²) in [4.78, 5) is 32.0. The van der Waals surface area contributed by atoms with Crippen molar-refractivity contribution in [1.29, 1.82) is 0 Å². The molecule has 2 amide bonds. The van der Waals surface area contributed by atoms with Crippen LogP contribution in [0.5, 0.6) is 5.75 Å². The van der Waals surface area contributed by atoms with E-state index in [1.54, 1.807) is 42.6 Å². The normalized spacial score (nSPS) is 17.3. The fraction of sp³-hybridized carbons (Fsp3) is 0.318. The molecule has 0 saturated heterocycles. The van der Waals surface area contributed by atoms with Crippen LogP contribution in [0.15, 0.2) is 53.5 Å². The summed E-state index contributed by atoms with van der Waals surface area (Å²) in [6.45, 7) is 8.37. The zero-order valence-electron chi connectivity index (χ0n) is 16.1. The summed E-state index contributed by atoms with van der Waals surface area (Å²) in [7, 11) is 0. The second kappa shape index (κ2) is 7.35. The van der Waals surface area contributed by atoms with E-state index < -0.39 is 5.92 Å². The van der Waals surface area contributed by atoms with Gasteiger partial charge in [-0.05, 0) is 63.6 Å². The molecule has 1 atom stereocenters. The van der Waals surface area contributed by atoms with Crippen LogP contribution in [0.1, 0.15) is 49.5 Å². The third-order valence-electron chi connectivity index (χ3n) is 4.23. The number of rotatable bonds is 4. The molecular formula is C22H24N2O3. The summed E-state index contributed by atoms with van der Waals surface area (Å²) >= 11 is 0. The zero-order chi connectivity index (χ0) is 19.6. The van der Waals surface area contributed by atoms with E-state index in [1.165, 1.54) is 4.90 Å². The molecule has 3 rings (SSSR count). The highest BCUT2D eigenvalue weighted by Crippen LogP contribution is 2.33. The molecule has 5 heteroatoms. The maximum atomic E-state index is 13.2. The number of anilines is 1. The van der Waals surface area contributed by atoms with Gasteiger partial charge < -0.3 is 4.74 Å². The number of nitrogens with zero attached hydrogens (tertiary/aromatic N) is 2. The summed E-state index contributed by atoms with van der Waals surface area (Å²) in [5.41, 5.74) is 1.44. The van der Waals surface area contributed by atoms with Gasteiger partial charge in [0.15, 0.2) is 0 Å². The van der Waals surface area contributed by atoms with Crippen LogP contribution in [0, 0.1) is 0 Å². The highest BCUT2D eigenvalue weighted by molar-refractivity contribution is 6.29. The number of carbonyl (C=O) groups excluding carboxylic acids is 2. The number of imide groups is 1. The molecule has 140 valence electrons. The van der Waals surface area contributed by atoms with Gasteiger partial charge in [-0.2, -0.15) is 0 Å². The molecular weight excluding hydrogens is 340 g/mol. The van der Waals surface area contributed by atoms with Crippen LogP contribution in [0.25, 0.3) is 0 Å². The van der Waals surface area contributed by atoms with Crippen molar-refractivity contribution in [3.8, 4) is 5.75 Å². The van der Waals surface area contributed by atoms with Gasteiger partial charge in [-0.1, -0.05) is 18.2 Å². The summed E-state index contributed by atoms with van der Waals surface area (Å²) in [5.74, 6) is -0.509. The maximum Gasteiger partial charge on any atom is 0.265 e. The molecule has 5 nitrogen and oxygen atoms in total. The van der Waals surface area contributed by atoms with E-state index in [-0.39, 0.29) is 17.4 Å². The second-order valence-corrected chi connectivity index (χ2v) is 7.42. The highest BCUT2D eigenvalue weighted by Gasteiger charge is 2.38. The summed E-state index contributed by atoms with van der Waals surface area (Å²) < 4.78 is 5.45. The van der Waals surface area contributed by atoms with Crippen LogP contribution >= 0.6 is 0 Å². The van der Waals surface area contributed by atoms with Crippen molar-refractivity contribution >= 4 is 23.7 Å². The van der Waals surface area contributed by atoms with Gasteiger partial charge in [0, 0.05) is 11.8 Å². The lowest BCUT2D eigenvalue weighted by Crippen LogP contribution is -2.45. The Morgan fingerprint density at radius 2 is 1.74 bits per heavy atom. The molecule has 2 aromatic carbocycles. The first kappa shape index (κ1) is 18.8. The van der Waals surface area contributed by atoms with Crippen molar-refractivity contribution in [3.63, 3.8) is 0 Å². The van der Waals surface area contributed by atoms with Crippen LogP contribution in [-0.2, 0) is 4.79 Å². The fourth-order valence-electron chi connectivity index (χ4n) is 3.00. The number of fused-ring (bicyclic) bond motifs is 1. The average Bonchev–Trinajstić information content (AvgIpc) is 2.62. The molecule has 0 radical (unpaired) electrons. The van der Waals surface area contributed by atoms with Crippen LogP contribution in [0.4, 0.5) is 5.69 Å². The minimum atomic E-state index is -0.593. The van der Waals surface area contributed by atoms with Crippen LogP contribution in [0.2, 0.25) is 0 Å². The van der Waals surface area contributed by atoms with Gasteiger partial charge in [0.1, 0.15) is 5.75 Å². The Morgan fingerprint density at radius 3 is 2.37 bits per heavy atom. The topological polar surface area (TPSA) is 59.0 Å². The van der Waals surface area contributed by atoms with Crippen LogP contribution < -0.4 is 9.64 Å². The number of hydrogen-bond acceptors (Lipinski definition) is 4. The Labute approximate surface area is 159 Å². The molecule has 0 N–H and O–H groups in total. The fourth-order valence-corrected chi connectivity index (χ4v) is 3.00. The van der Waals surface area contributed by atoms with Gasteiger partial charge in [-0.25, -0.2) is 4.90 Å². The van der Waals surface area contributed by atoms with Crippen molar-refractivity contribution in [1.82, 2.24) is 0 Å². The minimum Gasteiger partial charge on any atom is -0.494 e. The monoisotopic (exact) mass is 364 g/mol. The lowest BCUT2D eigenvalue weighted by atomic mass is 9.88. The van der Waals surface area contributed by atoms with E-state index in [4.69, 9.17) is 4.74 Å². The largest absolute Gasteiger partial charge is 0.494 e. The number of hydrogen-bond donors (Lipinski definition) is 0. The smallest absolute Gasteiger partial charge is 0.265 e. The minimum absolute atomic E-state index is 0.296. The van der Waals surface area contributed by atoms with E-state index in [0.29, 0.717) is 29.2 Å². The molecule has 0 unspecified atom stereocenters. The third-order valence-corrected chi connectivity index (χ3v) is 4.23. The molecule has 0 bridgehead atoms. The molecule has 0 aromatic heterocycles. The van der Waals surface area contributed by atoms with Gasteiger partial charge in [-0.3, -0.25) is 14.6 Å². The van der Waals surface area contributed by atoms with E-state index in [0.717, 1.165) is 0 Å². The molecule has 0 fully saturated rings. The summed E-state index contributed by atoms with van der Waals surface area (Å²) in [6.07, 6.45) is 1.66. The molecule has 1 aliphatic rings. The number of ether oxygens (including phenoxy) is 1. The summed E-state index contributed by atoms with van der Waals surface area (Å²) in [5, 5.41) is 0. The maximum absolute atomic E-state index is 13.2. The molecule has 27 heavy (non-hydrogen) atoms. The Balaban J connectivity index is 2.04. The number of aliphatic imine (C=N–C) groups is 1. The predicted octanol–water partition coefficient (Wildman–Crippen LogP) is 4.23. The molecule has 1 heterocycles. The predicted molar refractivity (Wildman–Crippen MR) is 107 cm³/mol. The number of carbonyl (C=O) groups is 2. The molecule has 0 saturated carbocycles. The van der Waals surface area contributed by atoms with E-state index in [1.807, 2.05) is 39.8 Å². The molecule has 1 aliphatic heterocycles. The van der Waals surface area contributed by atoms with Gasteiger partial charge >= 0.3 is 0 Å². The van der Waals surface area contributed by atoms with E-state index >= 15 is 0 Å². The quantitative estimate of drug-likeness (QED) is 0.603. The van der Waals surface area contributed by atoms with Crippen molar-refractivity contribution in [2.75, 3.05) is 11.5 Å². The highest BCUT2D eigenvalue weighted by atomic mass is 16.5. The van der Waals surface area contributed by atoms with Crippen molar-refractivity contribution in [3.05, 3.63) is 59.7 Å². The molecule has 0 spiro atoms. The average molecular weight is 364 g/mol. The van der Waals surface area contributed by atoms with Crippen LogP contribution in [0.3, 0.4) is 0 Å². The first-order valence-corrected chi connectivity index (χ1v) is 9.07. The second-order valence-electron chi connectivity index (χ2n) is 7.42. The standard InChI is InChI=1S/C22H24N2O3/c1-5-27-16-12-10-15(11-13-16)24-20(25)18-9-7-6-8-17(18)19(21(24)26)14-23-22(2,3)4/h6-14,19H,5H2,1-4H3/t19-/m1/s1. The van der Waals surface area contributed by atoms with Crippen LogP contribution in [-0.4, -0.2) is 30.2 Å². The Kier molecular flexibility index (Phi) is 5.13. The van der Waals surface area contributed by atoms with E-state index in [9.17, 15) is 9.59 Å². The van der Waals surface area contributed by atoms with Crippen molar-refractivity contribution in [2.24, 2.45) is 4.99 Å². The number of amides is 2. The van der Waals surface area contributed by atoms with Gasteiger partial charge in [0.25, 0.3) is 5.91 Å². The van der Waals surface area contributed by atoms with Gasteiger partial charge in [0.05, 0.1) is 23.8 Å². The number of benzene rings is 2. The first-order valence-electron chi connectivity index (χ1n) is 9.07. The summed E-state index contributed by atoms with van der Waals surface area (Å²) in [6, 6.07) is 14.2. The van der Waals surface area contributed by atoms with Crippen molar-refractivity contribution < 1.29 is 14.3 Å². The Hall–Kier alpha value is -2.95. The Bertz CT molecular complexity index is 879. The lowest BCUT2D eigenvalue weighted by molar-refractivity contribution is -0.118. The molecule has 2 aromatic rings. The first-order chi connectivity index (χ1) is 12.8. The molecule has 0 aliphatic carbocycles.